The topological polar surface area (TPSA) is 46.2 Å². The molecule has 0 bridgehead atoms. The molecule has 0 aliphatic heterocycles. The molecule has 0 saturated heterocycles. The molecular weight excluding hydrogens is 300 g/mol. The number of rotatable bonds is 2. The molecule has 0 aliphatic carbocycles. The summed E-state index contributed by atoms with van der Waals surface area (Å²) in [6, 6.07) is 5.20. The minimum atomic E-state index is -0.559. The number of benzene rings is 1. The van der Waals surface area contributed by atoms with Gasteiger partial charge in [0.15, 0.2) is 0 Å². The Morgan fingerprint density at radius 1 is 1.54 bits per heavy atom. The summed E-state index contributed by atoms with van der Waals surface area (Å²) in [4.78, 5) is 0. The van der Waals surface area contributed by atoms with Gasteiger partial charge in [0.25, 0.3) is 0 Å². The largest absolute Gasteiger partial charge is 0.391 e. The van der Waals surface area contributed by atoms with Gasteiger partial charge in [0.2, 0.25) is 0 Å². The van der Waals surface area contributed by atoms with Gasteiger partial charge in [-0.25, -0.2) is 0 Å². The van der Waals surface area contributed by atoms with E-state index in [1.54, 1.807) is 13.0 Å². The van der Waals surface area contributed by atoms with E-state index in [-0.39, 0.29) is 6.04 Å². The van der Waals surface area contributed by atoms with Crippen molar-refractivity contribution < 1.29 is 5.11 Å². The minimum Gasteiger partial charge on any atom is -0.391 e. The van der Waals surface area contributed by atoms with Crippen LogP contribution in [0.15, 0.2) is 18.2 Å². The lowest BCUT2D eigenvalue weighted by Crippen LogP contribution is -2.23. The van der Waals surface area contributed by atoms with Crippen molar-refractivity contribution in [3.63, 3.8) is 0 Å². The summed E-state index contributed by atoms with van der Waals surface area (Å²) in [5.74, 6) is 0. The smallest absolute Gasteiger partial charge is 0.0704 e. The van der Waals surface area contributed by atoms with E-state index >= 15 is 0 Å². The van der Waals surface area contributed by atoms with Crippen LogP contribution in [0.3, 0.4) is 0 Å². The van der Waals surface area contributed by atoms with Crippen LogP contribution < -0.4 is 5.73 Å². The van der Waals surface area contributed by atoms with Crippen molar-refractivity contribution >= 4 is 34.2 Å². The molecule has 72 valence electrons. The van der Waals surface area contributed by atoms with Crippen molar-refractivity contribution in [1.82, 2.24) is 0 Å². The molecular formula is C9H11ClINO. The quantitative estimate of drug-likeness (QED) is 0.824. The molecule has 4 heteroatoms. The molecule has 0 fully saturated rings. The van der Waals surface area contributed by atoms with Gasteiger partial charge in [-0.2, -0.15) is 0 Å². The first-order valence-corrected chi connectivity index (χ1v) is 5.36. The number of aliphatic hydroxyl groups excluding tert-OH is 1. The zero-order valence-electron chi connectivity index (χ0n) is 7.17. The molecule has 0 aromatic heterocycles. The zero-order valence-corrected chi connectivity index (χ0v) is 10.1. The Morgan fingerprint density at radius 2 is 2.15 bits per heavy atom. The van der Waals surface area contributed by atoms with Crippen LogP contribution in [-0.4, -0.2) is 11.2 Å². The summed E-state index contributed by atoms with van der Waals surface area (Å²) >= 11 is 8.06. The van der Waals surface area contributed by atoms with E-state index in [0.29, 0.717) is 5.02 Å². The van der Waals surface area contributed by atoms with Crippen molar-refractivity contribution in [2.75, 3.05) is 0 Å². The van der Waals surface area contributed by atoms with Crippen LogP contribution in [0.1, 0.15) is 18.5 Å². The molecule has 1 aromatic carbocycles. The number of nitrogens with two attached hydrogens (primary N) is 1. The third-order valence-corrected chi connectivity index (χ3v) is 3.42. The predicted octanol–water partition coefficient (Wildman–Crippen LogP) is 2.33. The number of hydrogen-bond donors (Lipinski definition) is 2. The van der Waals surface area contributed by atoms with Crippen LogP contribution in [0.25, 0.3) is 0 Å². The van der Waals surface area contributed by atoms with Gasteiger partial charge in [0.05, 0.1) is 17.2 Å². The van der Waals surface area contributed by atoms with E-state index in [0.717, 1.165) is 9.13 Å². The highest BCUT2D eigenvalue weighted by molar-refractivity contribution is 14.1. The van der Waals surface area contributed by atoms with Crippen molar-refractivity contribution in [1.29, 1.82) is 0 Å². The van der Waals surface area contributed by atoms with Crippen molar-refractivity contribution in [3.05, 3.63) is 32.4 Å². The maximum Gasteiger partial charge on any atom is 0.0704 e. The fourth-order valence-electron chi connectivity index (χ4n) is 0.998. The molecule has 0 spiro atoms. The normalized spacial score (nSPS) is 15.5. The number of hydrogen-bond acceptors (Lipinski definition) is 2. The molecule has 13 heavy (non-hydrogen) atoms. The summed E-state index contributed by atoms with van der Waals surface area (Å²) in [5.41, 5.74) is 6.61. The van der Waals surface area contributed by atoms with E-state index < -0.39 is 6.10 Å². The van der Waals surface area contributed by atoms with Gasteiger partial charge < -0.3 is 10.8 Å². The predicted molar refractivity (Wildman–Crippen MR) is 62.8 cm³/mol. The summed E-state index contributed by atoms with van der Waals surface area (Å²) in [6.45, 7) is 1.66. The lowest BCUT2D eigenvalue weighted by atomic mass is 10.0. The Balaban J connectivity index is 2.97. The molecule has 0 heterocycles. The molecule has 2 atom stereocenters. The summed E-state index contributed by atoms with van der Waals surface area (Å²) in [6.07, 6.45) is -0.559. The Bertz CT molecular complexity index is 304. The highest BCUT2D eigenvalue weighted by Crippen LogP contribution is 2.23. The molecule has 0 amide bonds. The minimum absolute atomic E-state index is 0.366. The lowest BCUT2D eigenvalue weighted by Gasteiger charge is -2.15. The second kappa shape index (κ2) is 4.59. The van der Waals surface area contributed by atoms with Crippen LogP contribution in [0.5, 0.6) is 0 Å². The molecule has 0 saturated carbocycles. The summed E-state index contributed by atoms with van der Waals surface area (Å²) < 4.78 is 0.987. The summed E-state index contributed by atoms with van der Waals surface area (Å²) in [5, 5.41) is 9.94. The first-order valence-electron chi connectivity index (χ1n) is 3.91. The maximum absolute atomic E-state index is 9.26. The molecule has 1 aromatic rings. The van der Waals surface area contributed by atoms with Gasteiger partial charge in [0.1, 0.15) is 0 Å². The standard InChI is InChI=1S/C9H11ClINO/c1-5(13)9(12)6-2-3-8(11)7(10)4-6/h2-5,9,13H,12H2,1H3/t5-,9-/m1/s1. The van der Waals surface area contributed by atoms with Gasteiger partial charge in [-0.3, -0.25) is 0 Å². The SMILES string of the molecule is C[C@@H](O)[C@@H](N)c1ccc(I)c(Cl)c1. The molecule has 0 unspecified atom stereocenters. The van der Waals surface area contributed by atoms with E-state index in [9.17, 15) is 5.11 Å². The van der Waals surface area contributed by atoms with Gasteiger partial charge in [-0.15, -0.1) is 0 Å². The Morgan fingerprint density at radius 3 is 2.62 bits per heavy atom. The van der Waals surface area contributed by atoms with Crippen molar-refractivity contribution in [2.24, 2.45) is 5.73 Å². The van der Waals surface area contributed by atoms with Crippen LogP contribution in [-0.2, 0) is 0 Å². The molecule has 3 N–H and O–H groups in total. The molecule has 0 radical (unpaired) electrons. The lowest BCUT2D eigenvalue weighted by molar-refractivity contribution is 0.164. The van der Waals surface area contributed by atoms with Crippen molar-refractivity contribution in [2.45, 2.75) is 19.1 Å². The van der Waals surface area contributed by atoms with Crippen LogP contribution in [0.2, 0.25) is 5.02 Å². The average Bonchev–Trinajstić information content (AvgIpc) is 2.08. The van der Waals surface area contributed by atoms with E-state index in [2.05, 4.69) is 22.6 Å². The average molecular weight is 312 g/mol. The second-order valence-corrected chi connectivity index (χ2v) is 4.51. The highest BCUT2D eigenvalue weighted by Gasteiger charge is 2.12. The van der Waals surface area contributed by atoms with Gasteiger partial charge in [-0.05, 0) is 47.2 Å². The van der Waals surface area contributed by atoms with E-state index in [1.165, 1.54) is 0 Å². The fraction of sp³-hybridized carbons (Fsp3) is 0.333. The summed E-state index contributed by atoms with van der Waals surface area (Å²) in [7, 11) is 0. The zero-order chi connectivity index (χ0) is 10.0. The fourth-order valence-corrected chi connectivity index (χ4v) is 1.52. The monoisotopic (exact) mass is 311 g/mol. The van der Waals surface area contributed by atoms with Crippen LogP contribution >= 0.6 is 34.2 Å². The van der Waals surface area contributed by atoms with Gasteiger partial charge in [0, 0.05) is 3.57 Å². The third kappa shape index (κ3) is 2.80. The Kier molecular flexibility index (Phi) is 3.97. The number of halogens is 2. The first-order chi connectivity index (χ1) is 6.02. The van der Waals surface area contributed by atoms with Crippen molar-refractivity contribution in [3.8, 4) is 0 Å². The Labute approximate surface area is 96.2 Å². The molecule has 2 nitrogen and oxygen atoms in total. The highest BCUT2D eigenvalue weighted by atomic mass is 127. The Hall–Kier alpha value is 0.160. The van der Waals surface area contributed by atoms with E-state index in [1.807, 2.05) is 12.1 Å². The third-order valence-electron chi connectivity index (χ3n) is 1.85. The van der Waals surface area contributed by atoms with Crippen LogP contribution in [0.4, 0.5) is 0 Å². The van der Waals surface area contributed by atoms with E-state index in [4.69, 9.17) is 17.3 Å². The van der Waals surface area contributed by atoms with Crippen LogP contribution in [0, 0.1) is 3.57 Å². The number of aliphatic hydroxyl groups is 1. The molecule has 1 rings (SSSR count). The first kappa shape index (κ1) is 11.2. The van der Waals surface area contributed by atoms with Gasteiger partial charge >= 0.3 is 0 Å². The molecule has 0 aliphatic rings. The second-order valence-electron chi connectivity index (χ2n) is 2.94. The van der Waals surface area contributed by atoms with Gasteiger partial charge in [-0.1, -0.05) is 17.7 Å². The maximum atomic E-state index is 9.26.